The summed E-state index contributed by atoms with van der Waals surface area (Å²) in [4.78, 5) is 8.35. The van der Waals surface area contributed by atoms with Crippen molar-refractivity contribution in [3.8, 4) is 0 Å². The normalized spacial score (nSPS) is 10.5. The molecule has 0 aliphatic rings. The summed E-state index contributed by atoms with van der Waals surface area (Å²) in [5.74, 6) is 0.129. The average Bonchev–Trinajstić information content (AvgIpc) is 2.45. The molecule has 0 bridgehead atoms. The van der Waals surface area contributed by atoms with Crippen LogP contribution in [0.2, 0.25) is 0 Å². The number of rotatable bonds is 5. The van der Waals surface area contributed by atoms with Gasteiger partial charge in [-0.3, -0.25) is 0 Å². The number of nitrogens with one attached hydrogen (secondary N) is 2. The Morgan fingerprint density at radius 2 is 1.86 bits per heavy atom. The smallest absolute Gasteiger partial charge is 0.158 e. The second-order valence-electron chi connectivity index (χ2n) is 4.11. The van der Waals surface area contributed by atoms with Crippen LogP contribution in [0.4, 0.5) is 26.1 Å². The first kappa shape index (κ1) is 15.6. The van der Waals surface area contributed by atoms with E-state index in [2.05, 4.69) is 36.5 Å². The minimum absolute atomic E-state index is 0.0141. The number of methoxy groups -OCH3 is 1. The standard InChI is InChI=1S/C13H13BrF2N4O/c1-17-11-5-12(20-13(19-11)6-21-2)18-10-4-8(15)7(14)3-9(10)16/h3-5H,6H2,1-2H3,(H2,17,18,19,20). The Hall–Kier alpha value is -1.80. The van der Waals surface area contributed by atoms with E-state index < -0.39 is 11.6 Å². The van der Waals surface area contributed by atoms with Gasteiger partial charge in [-0.05, 0) is 22.0 Å². The fourth-order valence-electron chi connectivity index (χ4n) is 1.64. The quantitative estimate of drug-likeness (QED) is 0.801. The van der Waals surface area contributed by atoms with Crippen molar-refractivity contribution in [1.82, 2.24) is 9.97 Å². The highest BCUT2D eigenvalue weighted by Gasteiger charge is 2.10. The molecule has 2 rings (SSSR count). The van der Waals surface area contributed by atoms with Gasteiger partial charge in [0, 0.05) is 26.3 Å². The van der Waals surface area contributed by atoms with Crippen molar-refractivity contribution >= 4 is 33.3 Å². The summed E-state index contributed by atoms with van der Waals surface area (Å²) in [7, 11) is 3.22. The molecule has 1 aromatic carbocycles. The van der Waals surface area contributed by atoms with Crippen LogP contribution in [0, 0.1) is 11.6 Å². The molecule has 21 heavy (non-hydrogen) atoms. The van der Waals surface area contributed by atoms with E-state index in [1.54, 1.807) is 13.1 Å². The summed E-state index contributed by atoms with van der Waals surface area (Å²) in [5, 5.41) is 5.60. The van der Waals surface area contributed by atoms with E-state index in [-0.39, 0.29) is 16.8 Å². The Morgan fingerprint density at radius 3 is 2.52 bits per heavy atom. The Kier molecular flexibility index (Phi) is 5.03. The third-order valence-electron chi connectivity index (χ3n) is 2.57. The zero-order chi connectivity index (χ0) is 15.4. The first-order valence-electron chi connectivity index (χ1n) is 5.99. The molecule has 0 saturated carbocycles. The molecule has 0 fully saturated rings. The number of benzene rings is 1. The van der Waals surface area contributed by atoms with Gasteiger partial charge in [-0.2, -0.15) is 0 Å². The van der Waals surface area contributed by atoms with E-state index in [4.69, 9.17) is 4.74 Å². The lowest BCUT2D eigenvalue weighted by atomic mass is 10.3. The van der Waals surface area contributed by atoms with Crippen molar-refractivity contribution in [2.24, 2.45) is 0 Å². The Morgan fingerprint density at radius 1 is 1.14 bits per heavy atom. The van der Waals surface area contributed by atoms with E-state index >= 15 is 0 Å². The van der Waals surface area contributed by atoms with Crippen molar-refractivity contribution in [1.29, 1.82) is 0 Å². The lowest BCUT2D eigenvalue weighted by Gasteiger charge is -2.11. The molecule has 2 N–H and O–H groups in total. The minimum Gasteiger partial charge on any atom is -0.377 e. The Balaban J connectivity index is 2.34. The molecule has 0 aliphatic carbocycles. The number of aromatic nitrogens is 2. The fraction of sp³-hybridized carbons (Fsp3) is 0.231. The monoisotopic (exact) mass is 358 g/mol. The molecular weight excluding hydrogens is 346 g/mol. The van der Waals surface area contributed by atoms with Crippen LogP contribution in [-0.2, 0) is 11.3 Å². The molecule has 0 unspecified atom stereocenters. The summed E-state index contributed by atoms with van der Waals surface area (Å²) in [6.45, 7) is 0.210. The topological polar surface area (TPSA) is 59.1 Å². The van der Waals surface area contributed by atoms with Gasteiger partial charge >= 0.3 is 0 Å². The lowest BCUT2D eigenvalue weighted by Crippen LogP contribution is -2.05. The molecule has 2 aromatic rings. The molecule has 1 aromatic heterocycles. The van der Waals surface area contributed by atoms with Crippen molar-refractivity contribution in [3.63, 3.8) is 0 Å². The van der Waals surface area contributed by atoms with E-state index in [0.29, 0.717) is 17.5 Å². The summed E-state index contributed by atoms with van der Waals surface area (Å²) in [6.07, 6.45) is 0. The van der Waals surface area contributed by atoms with Gasteiger partial charge in [0.1, 0.15) is 29.9 Å². The number of hydrogen-bond acceptors (Lipinski definition) is 5. The maximum atomic E-state index is 13.8. The summed E-state index contributed by atoms with van der Waals surface area (Å²) in [5.41, 5.74) is -0.0141. The average molecular weight is 359 g/mol. The highest BCUT2D eigenvalue weighted by molar-refractivity contribution is 9.10. The Bertz CT molecular complexity index is 654. The summed E-state index contributed by atoms with van der Waals surface area (Å²) < 4.78 is 32.3. The summed E-state index contributed by atoms with van der Waals surface area (Å²) in [6, 6.07) is 3.68. The van der Waals surface area contributed by atoms with Gasteiger partial charge < -0.3 is 15.4 Å². The predicted molar refractivity (Wildman–Crippen MR) is 79.6 cm³/mol. The third-order valence-corrected chi connectivity index (χ3v) is 3.18. The number of nitrogens with zero attached hydrogens (tertiary/aromatic N) is 2. The number of halogens is 3. The van der Waals surface area contributed by atoms with E-state index in [1.807, 2.05) is 0 Å². The van der Waals surface area contributed by atoms with E-state index in [9.17, 15) is 8.78 Å². The zero-order valence-corrected chi connectivity index (χ0v) is 13.0. The molecule has 0 saturated heterocycles. The Labute approximate surface area is 128 Å². The number of ether oxygens (including phenoxy) is 1. The maximum absolute atomic E-state index is 13.8. The molecule has 0 atom stereocenters. The van der Waals surface area contributed by atoms with Crippen LogP contribution in [0.1, 0.15) is 5.82 Å². The van der Waals surface area contributed by atoms with Crippen LogP contribution >= 0.6 is 15.9 Å². The van der Waals surface area contributed by atoms with E-state index in [1.165, 1.54) is 7.11 Å². The second kappa shape index (κ2) is 6.77. The third kappa shape index (κ3) is 3.85. The highest BCUT2D eigenvalue weighted by atomic mass is 79.9. The van der Waals surface area contributed by atoms with Gasteiger partial charge in [0.15, 0.2) is 5.82 Å². The van der Waals surface area contributed by atoms with Gasteiger partial charge in [0.25, 0.3) is 0 Å². The van der Waals surface area contributed by atoms with Crippen molar-refractivity contribution in [2.75, 3.05) is 24.8 Å². The van der Waals surface area contributed by atoms with E-state index in [0.717, 1.165) is 12.1 Å². The molecular formula is C13H13BrF2N4O. The van der Waals surface area contributed by atoms with Gasteiger partial charge in [-0.25, -0.2) is 18.7 Å². The van der Waals surface area contributed by atoms with Crippen LogP contribution in [0.5, 0.6) is 0 Å². The maximum Gasteiger partial charge on any atom is 0.158 e. The zero-order valence-electron chi connectivity index (χ0n) is 11.4. The number of anilines is 3. The molecule has 0 radical (unpaired) electrons. The van der Waals surface area contributed by atoms with Crippen LogP contribution in [-0.4, -0.2) is 24.1 Å². The van der Waals surface area contributed by atoms with Crippen LogP contribution in [0.25, 0.3) is 0 Å². The predicted octanol–water partition coefficient (Wildman–Crippen LogP) is 3.45. The SMILES string of the molecule is CNc1cc(Nc2cc(F)c(Br)cc2F)nc(COC)n1. The van der Waals surface area contributed by atoms with Gasteiger partial charge in [-0.15, -0.1) is 0 Å². The van der Waals surface area contributed by atoms with Crippen molar-refractivity contribution in [2.45, 2.75) is 6.61 Å². The molecule has 0 aliphatic heterocycles. The molecule has 112 valence electrons. The van der Waals surface area contributed by atoms with Crippen LogP contribution < -0.4 is 10.6 Å². The molecule has 0 spiro atoms. The molecule has 8 heteroatoms. The highest BCUT2D eigenvalue weighted by Crippen LogP contribution is 2.26. The molecule has 5 nitrogen and oxygen atoms in total. The summed E-state index contributed by atoms with van der Waals surface area (Å²) >= 11 is 2.93. The largest absolute Gasteiger partial charge is 0.377 e. The molecule has 0 amide bonds. The fourth-order valence-corrected chi connectivity index (χ4v) is 1.95. The lowest BCUT2D eigenvalue weighted by molar-refractivity contribution is 0.178. The van der Waals surface area contributed by atoms with Crippen LogP contribution in [0.3, 0.4) is 0 Å². The van der Waals surface area contributed by atoms with Gasteiger partial charge in [0.05, 0.1) is 10.2 Å². The minimum atomic E-state index is -0.596. The van der Waals surface area contributed by atoms with Crippen LogP contribution in [0.15, 0.2) is 22.7 Å². The van der Waals surface area contributed by atoms with Gasteiger partial charge in [0.2, 0.25) is 0 Å². The first-order chi connectivity index (χ1) is 10.0. The number of hydrogen-bond donors (Lipinski definition) is 2. The van der Waals surface area contributed by atoms with Gasteiger partial charge in [-0.1, -0.05) is 0 Å². The van der Waals surface area contributed by atoms with Crippen molar-refractivity contribution < 1.29 is 13.5 Å². The second-order valence-corrected chi connectivity index (χ2v) is 4.96. The molecule has 1 heterocycles. The first-order valence-corrected chi connectivity index (χ1v) is 6.79. The van der Waals surface area contributed by atoms with Crippen molar-refractivity contribution in [3.05, 3.63) is 40.1 Å².